The van der Waals surface area contributed by atoms with E-state index in [2.05, 4.69) is 91.9 Å². The first-order chi connectivity index (χ1) is 13.8. The van der Waals surface area contributed by atoms with Crippen LogP contribution >= 0.6 is 0 Å². The van der Waals surface area contributed by atoms with Gasteiger partial charge in [0.15, 0.2) is 0 Å². The second-order valence-corrected chi connectivity index (χ2v) is 7.17. The normalized spacial score (nSPS) is 10.8. The van der Waals surface area contributed by atoms with Crippen molar-refractivity contribution in [3.63, 3.8) is 0 Å². The van der Waals surface area contributed by atoms with Crippen LogP contribution < -0.4 is 5.73 Å². The lowest BCUT2D eigenvalue weighted by Gasteiger charge is -2.17. The van der Waals surface area contributed by atoms with Gasteiger partial charge in [-0.25, -0.2) is 0 Å². The number of hydrogen-bond donors (Lipinski definition) is 1. The maximum absolute atomic E-state index is 6.16. The van der Waals surface area contributed by atoms with E-state index in [1.54, 1.807) is 0 Å². The molecule has 0 saturated carbocycles. The lowest BCUT2D eigenvalue weighted by Crippen LogP contribution is -1.94. The van der Waals surface area contributed by atoms with Gasteiger partial charge < -0.3 is 5.73 Å². The average molecular weight is 364 g/mol. The minimum absolute atomic E-state index is 0.784. The topological polar surface area (TPSA) is 26.0 Å². The summed E-state index contributed by atoms with van der Waals surface area (Å²) in [6, 6.07) is 34.2. The summed E-state index contributed by atoms with van der Waals surface area (Å²) < 4.78 is 0. The SMILES string of the molecule is CCCc1ccc(-c2ccc(N)cc2-c2ccccc2)c(-c2ccccc2)c1. The Kier molecular flexibility index (Phi) is 5.25. The predicted molar refractivity (Wildman–Crippen MR) is 121 cm³/mol. The molecule has 0 radical (unpaired) electrons. The molecule has 0 aromatic heterocycles. The van der Waals surface area contributed by atoms with Gasteiger partial charge in [0.2, 0.25) is 0 Å². The van der Waals surface area contributed by atoms with E-state index in [1.165, 1.54) is 38.9 Å². The van der Waals surface area contributed by atoms with E-state index in [1.807, 2.05) is 12.1 Å². The van der Waals surface area contributed by atoms with Gasteiger partial charge in [-0.1, -0.05) is 98.3 Å². The molecule has 138 valence electrons. The third-order valence-corrected chi connectivity index (χ3v) is 5.13. The lowest BCUT2D eigenvalue weighted by atomic mass is 9.87. The van der Waals surface area contributed by atoms with Crippen molar-refractivity contribution in [2.24, 2.45) is 0 Å². The molecule has 0 heterocycles. The summed E-state index contributed by atoms with van der Waals surface area (Å²) in [5.74, 6) is 0. The molecule has 0 fully saturated rings. The summed E-state index contributed by atoms with van der Waals surface area (Å²) in [5, 5.41) is 0. The summed E-state index contributed by atoms with van der Waals surface area (Å²) in [6.07, 6.45) is 2.23. The van der Waals surface area contributed by atoms with Gasteiger partial charge in [0.05, 0.1) is 0 Å². The quantitative estimate of drug-likeness (QED) is 0.372. The molecule has 0 aliphatic rings. The molecule has 0 bridgehead atoms. The molecule has 0 spiro atoms. The van der Waals surface area contributed by atoms with Gasteiger partial charge in [-0.05, 0) is 57.5 Å². The number of nitrogen functional groups attached to an aromatic ring is 1. The van der Waals surface area contributed by atoms with E-state index in [0.717, 1.165) is 18.5 Å². The molecule has 4 aromatic rings. The Morgan fingerprint density at radius 1 is 0.571 bits per heavy atom. The first-order valence-corrected chi connectivity index (χ1v) is 9.90. The van der Waals surface area contributed by atoms with E-state index >= 15 is 0 Å². The van der Waals surface area contributed by atoms with E-state index in [9.17, 15) is 0 Å². The molecule has 0 aliphatic carbocycles. The first kappa shape index (κ1) is 18.1. The Labute approximate surface area is 167 Å². The zero-order valence-corrected chi connectivity index (χ0v) is 16.2. The van der Waals surface area contributed by atoms with Crippen molar-refractivity contribution in [3.05, 3.63) is 103 Å². The van der Waals surface area contributed by atoms with Gasteiger partial charge in [0.25, 0.3) is 0 Å². The van der Waals surface area contributed by atoms with Crippen LogP contribution in [-0.4, -0.2) is 0 Å². The minimum atomic E-state index is 0.784. The van der Waals surface area contributed by atoms with Crippen molar-refractivity contribution >= 4 is 5.69 Å². The Balaban J connectivity index is 1.95. The Morgan fingerprint density at radius 3 is 1.68 bits per heavy atom. The molecule has 0 saturated heterocycles. The summed E-state index contributed by atoms with van der Waals surface area (Å²) in [4.78, 5) is 0. The maximum Gasteiger partial charge on any atom is 0.0320 e. The molecular weight excluding hydrogens is 338 g/mol. The van der Waals surface area contributed by atoms with Gasteiger partial charge in [0, 0.05) is 5.69 Å². The van der Waals surface area contributed by atoms with Crippen molar-refractivity contribution in [3.8, 4) is 33.4 Å². The molecule has 0 aliphatic heterocycles. The van der Waals surface area contributed by atoms with E-state index < -0.39 is 0 Å². The second-order valence-electron chi connectivity index (χ2n) is 7.17. The highest BCUT2D eigenvalue weighted by Gasteiger charge is 2.13. The molecule has 28 heavy (non-hydrogen) atoms. The van der Waals surface area contributed by atoms with Crippen LogP contribution in [0, 0.1) is 0 Å². The molecule has 0 atom stereocenters. The average Bonchev–Trinajstić information content (AvgIpc) is 2.75. The molecule has 4 rings (SSSR count). The molecule has 4 aromatic carbocycles. The molecular formula is C27H25N. The number of rotatable bonds is 5. The fourth-order valence-corrected chi connectivity index (χ4v) is 3.78. The van der Waals surface area contributed by atoms with Gasteiger partial charge in [0.1, 0.15) is 0 Å². The third kappa shape index (κ3) is 3.70. The monoisotopic (exact) mass is 363 g/mol. The summed E-state index contributed by atoms with van der Waals surface area (Å²) in [5.41, 5.74) is 15.6. The van der Waals surface area contributed by atoms with Crippen LogP contribution in [0.2, 0.25) is 0 Å². The highest BCUT2D eigenvalue weighted by Crippen LogP contribution is 2.39. The van der Waals surface area contributed by atoms with Gasteiger partial charge in [-0.2, -0.15) is 0 Å². The Bertz CT molecular complexity index is 1070. The van der Waals surface area contributed by atoms with Crippen LogP contribution in [0.1, 0.15) is 18.9 Å². The third-order valence-electron chi connectivity index (χ3n) is 5.13. The summed E-state index contributed by atoms with van der Waals surface area (Å²) in [7, 11) is 0. The fourth-order valence-electron chi connectivity index (χ4n) is 3.78. The van der Waals surface area contributed by atoms with Crippen molar-refractivity contribution in [2.75, 3.05) is 5.73 Å². The maximum atomic E-state index is 6.16. The predicted octanol–water partition coefficient (Wildman–Crippen LogP) is 7.22. The van der Waals surface area contributed by atoms with Crippen LogP contribution in [0.15, 0.2) is 97.1 Å². The van der Waals surface area contributed by atoms with Crippen LogP contribution in [0.4, 0.5) is 5.69 Å². The van der Waals surface area contributed by atoms with Crippen molar-refractivity contribution in [1.29, 1.82) is 0 Å². The van der Waals surface area contributed by atoms with Crippen molar-refractivity contribution in [1.82, 2.24) is 0 Å². The Morgan fingerprint density at radius 2 is 1.11 bits per heavy atom. The van der Waals surface area contributed by atoms with E-state index in [-0.39, 0.29) is 0 Å². The highest BCUT2D eigenvalue weighted by molar-refractivity contribution is 5.92. The molecule has 2 N–H and O–H groups in total. The Hall–Kier alpha value is -3.32. The minimum Gasteiger partial charge on any atom is -0.399 e. The first-order valence-electron chi connectivity index (χ1n) is 9.90. The van der Waals surface area contributed by atoms with Crippen LogP contribution in [-0.2, 0) is 6.42 Å². The fraction of sp³-hybridized carbons (Fsp3) is 0.111. The lowest BCUT2D eigenvalue weighted by molar-refractivity contribution is 0.922. The number of nitrogens with two attached hydrogens (primary N) is 1. The zero-order chi connectivity index (χ0) is 19.3. The molecule has 0 amide bonds. The molecule has 0 unspecified atom stereocenters. The molecule has 1 nitrogen and oxygen atoms in total. The molecule has 1 heteroatoms. The standard InChI is InChI=1S/C27H25N/c1-2-9-20-14-16-24(26(18-20)21-10-5-3-6-11-21)25-17-15-23(28)19-27(25)22-12-7-4-8-13-22/h3-8,10-19H,2,9,28H2,1H3. The largest absolute Gasteiger partial charge is 0.399 e. The number of benzene rings is 4. The van der Waals surface area contributed by atoms with Gasteiger partial charge in [-0.15, -0.1) is 0 Å². The van der Waals surface area contributed by atoms with E-state index in [4.69, 9.17) is 5.73 Å². The van der Waals surface area contributed by atoms with Gasteiger partial charge in [-0.3, -0.25) is 0 Å². The summed E-state index contributed by atoms with van der Waals surface area (Å²) >= 11 is 0. The number of aryl methyl sites for hydroxylation is 1. The van der Waals surface area contributed by atoms with Gasteiger partial charge >= 0.3 is 0 Å². The number of hydrogen-bond acceptors (Lipinski definition) is 1. The van der Waals surface area contributed by atoms with Crippen molar-refractivity contribution < 1.29 is 0 Å². The summed E-state index contributed by atoms with van der Waals surface area (Å²) in [6.45, 7) is 2.23. The zero-order valence-electron chi connectivity index (χ0n) is 16.2. The highest BCUT2D eigenvalue weighted by atomic mass is 14.5. The van der Waals surface area contributed by atoms with Crippen LogP contribution in [0.3, 0.4) is 0 Å². The van der Waals surface area contributed by atoms with E-state index in [0.29, 0.717) is 0 Å². The van der Waals surface area contributed by atoms with Crippen molar-refractivity contribution in [2.45, 2.75) is 19.8 Å². The van der Waals surface area contributed by atoms with Crippen LogP contribution in [0.25, 0.3) is 33.4 Å². The number of anilines is 1. The smallest absolute Gasteiger partial charge is 0.0320 e. The van der Waals surface area contributed by atoms with Crippen LogP contribution in [0.5, 0.6) is 0 Å². The second kappa shape index (κ2) is 8.14.